The van der Waals surface area contributed by atoms with Gasteiger partial charge in [-0.05, 0) is 28.2 Å². The average molecular weight is 745 g/mol. The molecule has 0 bridgehead atoms. The Morgan fingerprint density at radius 1 is 0.723 bits per heavy atom. The first-order chi connectivity index (χ1) is 20.9. The molecule has 0 aliphatic heterocycles. The third-order valence-corrected chi connectivity index (χ3v) is 10.7. The number of thiocarbonyl (C=S) groups is 2. The third-order valence-electron chi connectivity index (χ3n) is 5.38. The molecule has 0 fully saturated rings. The molecule has 0 saturated heterocycles. The summed E-state index contributed by atoms with van der Waals surface area (Å²) < 4.78 is 1.95. The molecule has 0 aliphatic rings. The summed E-state index contributed by atoms with van der Waals surface area (Å²) in [4.78, 5) is 12.9. The first-order valence-corrected chi connectivity index (χ1v) is 18.5. The van der Waals surface area contributed by atoms with Gasteiger partial charge in [0.1, 0.15) is 7.06 Å². The standard InChI is InChI=1S/C18H18OS3.C10H12S3.C8H10.4CH4/c1-2-21-18(20)22-13-16(14-9-5-3-6-10-14)17(19)15-11-7-4-8-12-15;1-2-12-10(11)13-8-9-6-4-3-5-7-9;1-4-6-7-8(3)5-2;;;;/h3-12,16H,2,13H2,1H3;3-7H,2,8H2,1H3;4-7H,1-3H2;4*1H4. The molecule has 0 radical (unpaired) electrons. The quantitative estimate of drug-likeness (QED) is 0.103. The van der Waals surface area contributed by atoms with Crippen LogP contribution >= 0.6 is 71.5 Å². The van der Waals surface area contributed by atoms with Crippen LogP contribution < -0.4 is 0 Å². The molecule has 3 rings (SSSR count). The van der Waals surface area contributed by atoms with Crippen LogP contribution in [0.15, 0.2) is 141 Å². The number of hydrogen-bond acceptors (Lipinski definition) is 7. The van der Waals surface area contributed by atoms with E-state index in [4.69, 9.17) is 24.4 Å². The summed E-state index contributed by atoms with van der Waals surface area (Å²) in [6.45, 7) is 14.9. The number of ketones is 1. The van der Waals surface area contributed by atoms with Crippen LogP contribution in [0.25, 0.3) is 0 Å². The summed E-state index contributed by atoms with van der Waals surface area (Å²) in [5.74, 6) is 3.71. The maximum atomic E-state index is 12.9. The van der Waals surface area contributed by atoms with Crippen molar-refractivity contribution in [3.8, 4) is 0 Å². The zero-order valence-electron chi connectivity index (χ0n) is 24.9. The van der Waals surface area contributed by atoms with Gasteiger partial charge in [-0.2, -0.15) is 0 Å². The van der Waals surface area contributed by atoms with Crippen molar-refractivity contribution in [2.75, 3.05) is 17.3 Å². The molecule has 3 aromatic rings. The largest absolute Gasteiger partial charge is 0.293 e. The highest BCUT2D eigenvalue weighted by molar-refractivity contribution is 8.47. The van der Waals surface area contributed by atoms with E-state index in [2.05, 4.69) is 57.8 Å². The molecular weight excluding hydrogens is 689 g/mol. The van der Waals surface area contributed by atoms with Gasteiger partial charge in [0, 0.05) is 17.1 Å². The molecule has 1 nitrogen and oxygen atoms in total. The van der Waals surface area contributed by atoms with Gasteiger partial charge in [0.25, 0.3) is 0 Å². The number of allylic oxidation sites excluding steroid dienone is 5. The molecule has 1 atom stereocenters. The molecule has 3 aromatic carbocycles. The predicted molar refractivity (Wildman–Crippen MR) is 237 cm³/mol. The number of carbonyl (C=O) groups is 1. The minimum atomic E-state index is -0.163. The monoisotopic (exact) mass is 744 g/mol. The molecule has 0 amide bonds. The van der Waals surface area contributed by atoms with E-state index in [1.54, 1.807) is 59.2 Å². The summed E-state index contributed by atoms with van der Waals surface area (Å²) in [6.07, 6.45) is 7.07. The van der Waals surface area contributed by atoms with Gasteiger partial charge in [-0.25, -0.2) is 0 Å². The highest BCUT2D eigenvalue weighted by atomic mass is 32.2. The number of carbonyl (C=O) groups excluding carboxylic acids is 1. The van der Waals surface area contributed by atoms with Crippen molar-refractivity contribution in [1.82, 2.24) is 0 Å². The van der Waals surface area contributed by atoms with E-state index in [-0.39, 0.29) is 41.4 Å². The highest BCUT2D eigenvalue weighted by Crippen LogP contribution is 2.28. The Labute approximate surface area is 316 Å². The van der Waals surface area contributed by atoms with E-state index in [9.17, 15) is 4.79 Å². The molecule has 47 heavy (non-hydrogen) atoms. The van der Waals surface area contributed by atoms with Crippen LogP contribution in [0.1, 0.15) is 71.0 Å². The van der Waals surface area contributed by atoms with Gasteiger partial charge in [0.15, 0.2) is 5.78 Å². The fourth-order valence-corrected chi connectivity index (χ4v) is 7.70. The normalized spacial score (nSPS) is 9.83. The highest BCUT2D eigenvalue weighted by Gasteiger charge is 2.22. The second kappa shape index (κ2) is 33.8. The van der Waals surface area contributed by atoms with E-state index in [1.165, 1.54) is 5.56 Å². The minimum Gasteiger partial charge on any atom is -0.293 e. The van der Waals surface area contributed by atoms with Gasteiger partial charge >= 0.3 is 0 Å². The molecule has 0 heterocycles. The maximum Gasteiger partial charge on any atom is 0.171 e. The number of rotatable bonds is 12. The summed E-state index contributed by atoms with van der Waals surface area (Å²) in [7, 11) is 0. The van der Waals surface area contributed by atoms with Gasteiger partial charge in [-0.15, -0.1) is 47.0 Å². The van der Waals surface area contributed by atoms with Crippen LogP contribution in [0.4, 0.5) is 0 Å². The molecule has 0 spiro atoms. The lowest BCUT2D eigenvalue weighted by Gasteiger charge is -2.16. The number of Topliss-reactive ketones (excluding diaryl/α,β-unsaturated/α-hetero) is 1. The minimum absolute atomic E-state index is 0. The van der Waals surface area contributed by atoms with Gasteiger partial charge < -0.3 is 0 Å². The van der Waals surface area contributed by atoms with Crippen LogP contribution in [0.2, 0.25) is 0 Å². The Hall–Kier alpha value is -2.13. The number of hydrogen-bond donors (Lipinski definition) is 0. The summed E-state index contributed by atoms with van der Waals surface area (Å²) in [5, 5.41) is 0. The summed E-state index contributed by atoms with van der Waals surface area (Å²) >= 11 is 17.3. The Morgan fingerprint density at radius 2 is 1.19 bits per heavy atom. The van der Waals surface area contributed by atoms with Crippen molar-refractivity contribution < 1.29 is 4.79 Å². The molecule has 258 valence electrons. The Balaban J connectivity index is -0.000000319. The van der Waals surface area contributed by atoms with E-state index in [0.717, 1.165) is 41.0 Å². The molecule has 0 aromatic heterocycles. The van der Waals surface area contributed by atoms with Crippen LogP contribution in [-0.2, 0) is 5.75 Å². The van der Waals surface area contributed by atoms with E-state index < -0.39 is 0 Å². The smallest absolute Gasteiger partial charge is 0.171 e. The van der Waals surface area contributed by atoms with E-state index >= 15 is 0 Å². The Bertz CT molecular complexity index is 1290. The Kier molecular flexibility index (Phi) is 37.1. The first-order valence-electron chi connectivity index (χ1n) is 13.7. The average Bonchev–Trinajstić information content (AvgIpc) is 3.05. The van der Waals surface area contributed by atoms with Crippen molar-refractivity contribution in [1.29, 1.82) is 0 Å². The van der Waals surface area contributed by atoms with Gasteiger partial charge in [-0.3, -0.25) is 4.79 Å². The summed E-state index contributed by atoms with van der Waals surface area (Å²) in [6, 6.07) is 29.9. The van der Waals surface area contributed by atoms with Crippen molar-refractivity contribution in [2.24, 2.45) is 0 Å². The Morgan fingerprint density at radius 3 is 1.66 bits per heavy atom. The van der Waals surface area contributed by atoms with E-state index in [0.29, 0.717) is 5.75 Å². The topological polar surface area (TPSA) is 17.1 Å². The third kappa shape index (κ3) is 24.6. The van der Waals surface area contributed by atoms with Crippen molar-refractivity contribution >= 4 is 84.3 Å². The van der Waals surface area contributed by atoms with Crippen LogP contribution in [0.5, 0.6) is 0 Å². The van der Waals surface area contributed by atoms with Crippen molar-refractivity contribution in [3.63, 3.8) is 0 Å². The lowest BCUT2D eigenvalue weighted by Crippen LogP contribution is -2.16. The fraction of sp³-hybridized carbons (Fsp3) is 0.275. The SMILES string of the molecule is C.C.C.C.C=CC=CC(=C)C=C.CCSC(=S)SCC(C(=O)c1ccccc1)c1ccccc1.CCSC(=S)SCc1ccccc1. The zero-order valence-corrected chi connectivity index (χ0v) is 29.8. The maximum absolute atomic E-state index is 12.9. The van der Waals surface area contributed by atoms with Gasteiger partial charge in [-0.1, -0.05) is 203 Å². The van der Waals surface area contributed by atoms with Gasteiger partial charge in [0.05, 0.1) is 5.92 Å². The van der Waals surface area contributed by atoms with Crippen LogP contribution in [0, 0.1) is 0 Å². The number of thioether (sulfide) groups is 4. The molecule has 7 heteroatoms. The number of benzene rings is 3. The summed E-state index contributed by atoms with van der Waals surface area (Å²) in [5.41, 5.74) is 4.05. The molecular formula is C40H56OS6. The first kappa shape index (κ1) is 51.7. The lowest BCUT2D eigenvalue weighted by molar-refractivity contribution is 0.0968. The zero-order chi connectivity index (χ0) is 31.7. The predicted octanol–water partition coefficient (Wildman–Crippen LogP) is 14.4. The second-order valence-electron chi connectivity index (χ2n) is 8.52. The molecule has 0 saturated carbocycles. The van der Waals surface area contributed by atoms with Crippen LogP contribution in [-0.4, -0.2) is 30.1 Å². The fourth-order valence-electron chi connectivity index (χ4n) is 3.26. The van der Waals surface area contributed by atoms with Crippen LogP contribution in [0.3, 0.4) is 0 Å². The second-order valence-corrected chi connectivity index (χ2v) is 15.5. The van der Waals surface area contributed by atoms with Gasteiger partial charge in [0.2, 0.25) is 0 Å². The molecule has 0 N–H and O–H groups in total. The molecule has 1 unspecified atom stereocenters. The van der Waals surface area contributed by atoms with E-state index in [1.807, 2.05) is 78.9 Å². The van der Waals surface area contributed by atoms with Crippen molar-refractivity contribution in [3.05, 3.63) is 157 Å². The van der Waals surface area contributed by atoms with Crippen molar-refractivity contribution in [2.45, 2.75) is 55.2 Å². The molecule has 0 aliphatic carbocycles. The lowest BCUT2D eigenvalue weighted by atomic mass is 9.92.